The summed E-state index contributed by atoms with van der Waals surface area (Å²) in [5.41, 5.74) is 0. The highest BCUT2D eigenvalue weighted by Gasteiger charge is 2.37. The van der Waals surface area contributed by atoms with Crippen molar-refractivity contribution in [2.45, 2.75) is 25.2 Å². The van der Waals surface area contributed by atoms with Crippen LogP contribution in [0.15, 0.2) is 12.0 Å². The summed E-state index contributed by atoms with van der Waals surface area (Å²) in [5.74, 6) is -1.01. The maximum atomic E-state index is 10.6. The molecule has 0 spiro atoms. The summed E-state index contributed by atoms with van der Waals surface area (Å²) in [6.07, 6.45) is -2.39. The second kappa shape index (κ2) is 4.30. The summed E-state index contributed by atoms with van der Waals surface area (Å²) in [5, 5.41) is 27.5. The zero-order chi connectivity index (χ0) is 10.7. The molecule has 6 nitrogen and oxygen atoms in total. The average Bonchev–Trinajstić information content (AvgIpc) is 2.12. The van der Waals surface area contributed by atoms with Crippen LogP contribution in [0.3, 0.4) is 0 Å². The minimum absolute atomic E-state index is 0.377. The number of hydrogen-bond donors (Lipinski definition) is 3. The SMILES string of the molecule is CC(=O)OC1C(O)=COC(CO)C1O. The van der Waals surface area contributed by atoms with Gasteiger partial charge in [-0.3, -0.25) is 4.79 Å². The lowest BCUT2D eigenvalue weighted by atomic mass is 10.1. The molecule has 0 saturated carbocycles. The number of aliphatic hydroxyl groups excluding tert-OH is 3. The Morgan fingerprint density at radius 3 is 2.86 bits per heavy atom. The van der Waals surface area contributed by atoms with E-state index in [2.05, 4.69) is 4.74 Å². The van der Waals surface area contributed by atoms with Gasteiger partial charge in [-0.2, -0.15) is 0 Å². The molecule has 1 rings (SSSR count). The summed E-state index contributed by atoms with van der Waals surface area (Å²) < 4.78 is 9.41. The Morgan fingerprint density at radius 2 is 2.36 bits per heavy atom. The standard InChI is InChI=1S/C8H12O6/c1-4(10)14-8-5(11)3-13-6(2-9)7(8)12/h3,6-9,11-12H,2H2,1H3. The van der Waals surface area contributed by atoms with Gasteiger partial charge in [0.2, 0.25) is 0 Å². The fraction of sp³-hybridized carbons (Fsp3) is 0.625. The molecule has 3 unspecified atom stereocenters. The summed E-state index contributed by atoms with van der Waals surface area (Å²) >= 11 is 0. The molecule has 0 aliphatic carbocycles. The first-order valence-electron chi connectivity index (χ1n) is 4.07. The van der Waals surface area contributed by atoms with Crippen molar-refractivity contribution in [3.05, 3.63) is 12.0 Å². The van der Waals surface area contributed by atoms with Crippen LogP contribution in [0.4, 0.5) is 0 Å². The predicted octanol–water partition coefficient (Wildman–Crippen LogP) is -0.931. The van der Waals surface area contributed by atoms with Crippen molar-refractivity contribution in [2.24, 2.45) is 0 Å². The molecule has 1 aliphatic rings. The minimum atomic E-state index is -1.27. The Labute approximate surface area is 80.4 Å². The highest BCUT2D eigenvalue weighted by Crippen LogP contribution is 2.20. The van der Waals surface area contributed by atoms with Gasteiger partial charge in [0.1, 0.15) is 12.4 Å². The largest absolute Gasteiger partial charge is 0.506 e. The van der Waals surface area contributed by atoms with E-state index in [9.17, 15) is 15.0 Å². The van der Waals surface area contributed by atoms with Crippen LogP contribution in [-0.4, -0.2) is 46.2 Å². The quantitative estimate of drug-likeness (QED) is 0.503. The van der Waals surface area contributed by atoms with Crippen LogP contribution in [0.2, 0.25) is 0 Å². The topological polar surface area (TPSA) is 96.2 Å². The predicted molar refractivity (Wildman–Crippen MR) is 44.2 cm³/mol. The van der Waals surface area contributed by atoms with Crippen molar-refractivity contribution in [1.29, 1.82) is 0 Å². The van der Waals surface area contributed by atoms with Gasteiger partial charge in [-0.05, 0) is 0 Å². The maximum Gasteiger partial charge on any atom is 0.303 e. The third-order valence-corrected chi connectivity index (χ3v) is 1.82. The Bertz CT molecular complexity index is 248. The molecule has 0 amide bonds. The lowest BCUT2D eigenvalue weighted by molar-refractivity contribution is -0.163. The molecule has 0 fully saturated rings. The minimum Gasteiger partial charge on any atom is -0.506 e. The number of ether oxygens (including phenoxy) is 2. The molecular formula is C8H12O6. The smallest absolute Gasteiger partial charge is 0.303 e. The monoisotopic (exact) mass is 204 g/mol. The molecule has 3 atom stereocenters. The van der Waals surface area contributed by atoms with Gasteiger partial charge >= 0.3 is 5.97 Å². The van der Waals surface area contributed by atoms with E-state index in [0.717, 1.165) is 13.2 Å². The van der Waals surface area contributed by atoms with E-state index in [0.29, 0.717) is 0 Å². The molecule has 1 aliphatic heterocycles. The summed E-state index contributed by atoms with van der Waals surface area (Å²) in [6.45, 7) is 0.728. The van der Waals surface area contributed by atoms with Gasteiger partial charge in [-0.15, -0.1) is 0 Å². The zero-order valence-corrected chi connectivity index (χ0v) is 7.58. The van der Waals surface area contributed by atoms with E-state index >= 15 is 0 Å². The van der Waals surface area contributed by atoms with Crippen LogP contribution >= 0.6 is 0 Å². The fourth-order valence-electron chi connectivity index (χ4n) is 1.13. The number of rotatable bonds is 2. The van der Waals surface area contributed by atoms with Crippen LogP contribution in [0.1, 0.15) is 6.92 Å². The van der Waals surface area contributed by atoms with E-state index in [1.165, 1.54) is 0 Å². The fourth-order valence-corrected chi connectivity index (χ4v) is 1.13. The Hall–Kier alpha value is -1.27. The molecule has 6 heteroatoms. The van der Waals surface area contributed by atoms with Crippen molar-refractivity contribution in [3.8, 4) is 0 Å². The maximum absolute atomic E-state index is 10.6. The number of esters is 1. The van der Waals surface area contributed by atoms with E-state index in [-0.39, 0.29) is 5.76 Å². The van der Waals surface area contributed by atoms with E-state index in [1.807, 2.05) is 0 Å². The van der Waals surface area contributed by atoms with Crippen LogP contribution in [0.5, 0.6) is 0 Å². The normalized spacial score (nSPS) is 31.6. The van der Waals surface area contributed by atoms with Gasteiger partial charge in [-0.25, -0.2) is 0 Å². The Balaban J connectivity index is 2.74. The number of hydrogen-bond acceptors (Lipinski definition) is 6. The first-order chi connectivity index (χ1) is 6.56. The summed E-state index contributed by atoms with van der Waals surface area (Å²) in [4.78, 5) is 10.6. The number of aliphatic hydroxyl groups is 3. The van der Waals surface area contributed by atoms with E-state index in [4.69, 9.17) is 9.84 Å². The molecule has 0 radical (unpaired) electrons. The molecule has 14 heavy (non-hydrogen) atoms. The van der Waals surface area contributed by atoms with Gasteiger partial charge in [0.15, 0.2) is 18.0 Å². The summed E-state index contributed by atoms with van der Waals surface area (Å²) in [7, 11) is 0. The van der Waals surface area contributed by atoms with Crippen LogP contribution in [-0.2, 0) is 14.3 Å². The van der Waals surface area contributed by atoms with Crippen molar-refractivity contribution in [2.75, 3.05) is 6.61 Å². The second-order valence-electron chi connectivity index (χ2n) is 2.92. The molecule has 0 aromatic carbocycles. The Kier molecular flexibility index (Phi) is 3.32. The molecule has 3 N–H and O–H groups in total. The zero-order valence-electron chi connectivity index (χ0n) is 7.58. The number of carbonyl (C=O) groups is 1. The molecule has 0 saturated heterocycles. The third kappa shape index (κ3) is 2.15. The van der Waals surface area contributed by atoms with Crippen LogP contribution < -0.4 is 0 Å². The lowest BCUT2D eigenvalue weighted by Crippen LogP contribution is -2.46. The van der Waals surface area contributed by atoms with Crippen molar-refractivity contribution >= 4 is 5.97 Å². The van der Waals surface area contributed by atoms with Gasteiger partial charge < -0.3 is 24.8 Å². The van der Waals surface area contributed by atoms with Gasteiger partial charge in [0.05, 0.1) is 6.61 Å². The lowest BCUT2D eigenvalue weighted by Gasteiger charge is -2.30. The second-order valence-corrected chi connectivity index (χ2v) is 2.92. The number of carbonyl (C=O) groups excluding carboxylic acids is 1. The van der Waals surface area contributed by atoms with Crippen molar-refractivity contribution in [1.82, 2.24) is 0 Å². The highest BCUT2D eigenvalue weighted by molar-refractivity contribution is 5.66. The van der Waals surface area contributed by atoms with Crippen molar-refractivity contribution < 1.29 is 29.6 Å². The molecule has 80 valence electrons. The van der Waals surface area contributed by atoms with E-state index in [1.54, 1.807) is 0 Å². The molecule has 1 heterocycles. The molecule has 0 aromatic heterocycles. The first-order valence-corrected chi connectivity index (χ1v) is 4.07. The molecule has 0 aromatic rings. The van der Waals surface area contributed by atoms with Crippen LogP contribution in [0.25, 0.3) is 0 Å². The summed E-state index contributed by atoms with van der Waals surface area (Å²) in [6, 6.07) is 0. The van der Waals surface area contributed by atoms with Crippen LogP contribution in [0, 0.1) is 0 Å². The molecule has 0 bridgehead atoms. The van der Waals surface area contributed by atoms with E-state index < -0.39 is 30.9 Å². The highest BCUT2D eigenvalue weighted by atomic mass is 16.6. The van der Waals surface area contributed by atoms with Crippen molar-refractivity contribution in [3.63, 3.8) is 0 Å². The van der Waals surface area contributed by atoms with Gasteiger partial charge in [0.25, 0.3) is 0 Å². The first kappa shape index (κ1) is 10.8. The molecular weight excluding hydrogens is 192 g/mol. The Morgan fingerprint density at radius 1 is 1.71 bits per heavy atom. The average molecular weight is 204 g/mol. The third-order valence-electron chi connectivity index (χ3n) is 1.82. The van der Waals surface area contributed by atoms with Gasteiger partial charge in [0, 0.05) is 6.92 Å². The van der Waals surface area contributed by atoms with Gasteiger partial charge in [-0.1, -0.05) is 0 Å².